The molecule has 0 saturated carbocycles. The summed E-state index contributed by atoms with van der Waals surface area (Å²) in [6, 6.07) is 8.96. The summed E-state index contributed by atoms with van der Waals surface area (Å²) in [5, 5.41) is 3.44. The van der Waals surface area contributed by atoms with Crippen molar-refractivity contribution < 1.29 is 4.79 Å². The Labute approximate surface area is 123 Å². The van der Waals surface area contributed by atoms with Crippen molar-refractivity contribution in [1.29, 1.82) is 0 Å². The van der Waals surface area contributed by atoms with Gasteiger partial charge in [0.05, 0.1) is 0 Å². The van der Waals surface area contributed by atoms with Crippen LogP contribution in [0.1, 0.15) is 25.8 Å². The Morgan fingerprint density at radius 3 is 2.42 bits per heavy atom. The van der Waals surface area contributed by atoms with Crippen LogP contribution in [-0.2, 0) is 11.2 Å². The average Bonchev–Trinajstić information content (AvgIpc) is 2.36. The molecule has 1 amide bonds. The summed E-state index contributed by atoms with van der Waals surface area (Å²) in [6.45, 7) is 5.91. The van der Waals surface area contributed by atoms with E-state index in [1.54, 1.807) is 0 Å². The summed E-state index contributed by atoms with van der Waals surface area (Å²) >= 11 is 3.42. The molecule has 2 unspecified atom stereocenters. The molecule has 1 aliphatic rings. The highest BCUT2D eigenvalue weighted by Gasteiger charge is 2.24. The zero-order valence-electron chi connectivity index (χ0n) is 11.5. The Balaban J connectivity index is 1.85. The summed E-state index contributed by atoms with van der Waals surface area (Å²) in [4.78, 5) is 14.2. The number of rotatable bonds is 3. The number of hydrogen-bond donors (Lipinski definition) is 1. The minimum absolute atomic E-state index is 0.267. The fraction of sp³-hybridized carbons (Fsp3) is 0.533. The van der Waals surface area contributed by atoms with Gasteiger partial charge in [-0.05, 0) is 38.0 Å². The molecule has 0 spiro atoms. The summed E-state index contributed by atoms with van der Waals surface area (Å²) in [6.07, 6.45) is 1.42. The highest BCUT2D eigenvalue weighted by molar-refractivity contribution is 9.10. The molecule has 4 heteroatoms. The highest BCUT2D eigenvalue weighted by Crippen LogP contribution is 2.13. The van der Waals surface area contributed by atoms with Crippen molar-refractivity contribution in [3.05, 3.63) is 34.3 Å². The van der Waals surface area contributed by atoms with E-state index in [0.717, 1.165) is 24.0 Å². The van der Waals surface area contributed by atoms with E-state index in [2.05, 4.69) is 47.2 Å². The Hall–Kier alpha value is -0.870. The Bertz CT molecular complexity index is 422. The first-order chi connectivity index (χ1) is 9.04. The number of benzene rings is 1. The Morgan fingerprint density at radius 1 is 1.26 bits per heavy atom. The number of hydrogen-bond acceptors (Lipinski definition) is 2. The highest BCUT2D eigenvalue weighted by atomic mass is 79.9. The van der Waals surface area contributed by atoms with Crippen LogP contribution in [0.15, 0.2) is 28.7 Å². The van der Waals surface area contributed by atoms with E-state index in [4.69, 9.17) is 0 Å². The number of nitrogens with zero attached hydrogens (tertiary/aromatic N) is 1. The third-order valence-corrected chi connectivity index (χ3v) is 3.98. The lowest BCUT2D eigenvalue weighted by molar-refractivity contribution is -0.132. The smallest absolute Gasteiger partial charge is 0.223 e. The van der Waals surface area contributed by atoms with Gasteiger partial charge in [0.15, 0.2) is 0 Å². The molecule has 1 aromatic rings. The van der Waals surface area contributed by atoms with Crippen molar-refractivity contribution in [1.82, 2.24) is 10.2 Å². The third kappa shape index (κ3) is 4.32. The standard InChI is InChI=1S/C15H21BrN2O/c1-11-9-18(10-12(2)17-11)15(19)8-5-13-3-6-14(16)7-4-13/h3-4,6-7,11-12,17H,5,8-10H2,1-2H3. The van der Waals surface area contributed by atoms with Gasteiger partial charge in [-0.15, -0.1) is 0 Å². The first-order valence-corrected chi connectivity index (χ1v) is 7.62. The molecule has 2 atom stereocenters. The molecule has 0 radical (unpaired) electrons. The molecule has 1 saturated heterocycles. The molecule has 1 heterocycles. The van der Waals surface area contributed by atoms with Crippen molar-refractivity contribution >= 4 is 21.8 Å². The van der Waals surface area contributed by atoms with Crippen molar-refractivity contribution in [3.63, 3.8) is 0 Å². The third-order valence-electron chi connectivity index (χ3n) is 3.45. The van der Waals surface area contributed by atoms with E-state index in [9.17, 15) is 4.79 Å². The minimum Gasteiger partial charge on any atom is -0.340 e. The molecule has 1 fully saturated rings. The topological polar surface area (TPSA) is 32.3 Å². The fourth-order valence-electron chi connectivity index (χ4n) is 2.59. The van der Waals surface area contributed by atoms with Gasteiger partial charge in [-0.2, -0.15) is 0 Å². The van der Waals surface area contributed by atoms with Crippen molar-refractivity contribution in [2.45, 2.75) is 38.8 Å². The monoisotopic (exact) mass is 324 g/mol. The second kappa shape index (κ2) is 6.53. The minimum atomic E-state index is 0.267. The quantitative estimate of drug-likeness (QED) is 0.926. The molecule has 1 N–H and O–H groups in total. The summed E-state index contributed by atoms with van der Waals surface area (Å²) in [7, 11) is 0. The van der Waals surface area contributed by atoms with Crippen molar-refractivity contribution in [3.8, 4) is 0 Å². The van der Waals surface area contributed by atoms with Gasteiger partial charge in [-0.1, -0.05) is 28.1 Å². The van der Waals surface area contributed by atoms with E-state index in [0.29, 0.717) is 18.5 Å². The van der Waals surface area contributed by atoms with Gasteiger partial charge in [0, 0.05) is 36.1 Å². The lowest BCUT2D eigenvalue weighted by Gasteiger charge is -2.36. The number of aryl methyl sites for hydroxylation is 1. The first-order valence-electron chi connectivity index (χ1n) is 6.83. The average molecular weight is 325 g/mol. The molecule has 1 aliphatic heterocycles. The Morgan fingerprint density at radius 2 is 1.84 bits per heavy atom. The molecule has 104 valence electrons. The summed E-state index contributed by atoms with van der Waals surface area (Å²) in [5.41, 5.74) is 1.22. The van der Waals surface area contributed by atoms with Crippen LogP contribution < -0.4 is 5.32 Å². The van der Waals surface area contributed by atoms with Gasteiger partial charge in [0.1, 0.15) is 0 Å². The van der Waals surface area contributed by atoms with Gasteiger partial charge in [-0.25, -0.2) is 0 Å². The number of amides is 1. The first kappa shape index (κ1) is 14.5. The number of carbonyl (C=O) groups is 1. The van der Waals surface area contributed by atoms with Crippen LogP contribution in [0.3, 0.4) is 0 Å². The van der Waals surface area contributed by atoms with Crippen LogP contribution >= 0.6 is 15.9 Å². The van der Waals surface area contributed by atoms with E-state index < -0.39 is 0 Å². The van der Waals surface area contributed by atoms with Crippen LogP contribution in [0.25, 0.3) is 0 Å². The van der Waals surface area contributed by atoms with E-state index >= 15 is 0 Å². The van der Waals surface area contributed by atoms with E-state index in [-0.39, 0.29) is 5.91 Å². The van der Waals surface area contributed by atoms with E-state index in [1.807, 2.05) is 17.0 Å². The number of carbonyl (C=O) groups excluding carboxylic acids is 1. The molecule has 0 bridgehead atoms. The molecular weight excluding hydrogens is 304 g/mol. The summed E-state index contributed by atoms with van der Waals surface area (Å²) < 4.78 is 1.08. The molecule has 0 aromatic heterocycles. The maximum atomic E-state index is 12.2. The van der Waals surface area contributed by atoms with Crippen LogP contribution in [0, 0.1) is 0 Å². The van der Waals surface area contributed by atoms with Crippen LogP contribution in [-0.4, -0.2) is 36.0 Å². The molecule has 3 nitrogen and oxygen atoms in total. The second-order valence-electron chi connectivity index (χ2n) is 5.39. The summed E-state index contributed by atoms with van der Waals surface area (Å²) in [5.74, 6) is 0.267. The number of piperazine rings is 1. The molecule has 2 rings (SSSR count). The largest absolute Gasteiger partial charge is 0.340 e. The zero-order valence-corrected chi connectivity index (χ0v) is 13.1. The van der Waals surface area contributed by atoms with Gasteiger partial charge < -0.3 is 10.2 Å². The zero-order chi connectivity index (χ0) is 13.8. The van der Waals surface area contributed by atoms with Crippen molar-refractivity contribution in [2.75, 3.05) is 13.1 Å². The van der Waals surface area contributed by atoms with Crippen molar-refractivity contribution in [2.24, 2.45) is 0 Å². The van der Waals surface area contributed by atoms with Crippen LogP contribution in [0.4, 0.5) is 0 Å². The lowest BCUT2D eigenvalue weighted by Crippen LogP contribution is -2.55. The lowest BCUT2D eigenvalue weighted by atomic mass is 10.1. The van der Waals surface area contributed by atoms with Gasteiger partial charge in [0.2, 0.25) is 5.91 Å². The second-order valence-corrected chi connectivity index (χ2v) is 6.31. The number of halogens is 1. The molecular formula is C15H21BrN2O. The van der Waals surface area contributed by atoms with Gasteiger partial charge >= 0.3 is 0 Å². The normalized spacial score (nSPS) is 23.4. The molecule has 19 heavy (non-hydrogen) atoms. The SMILES string of the molecule is CC1CN(C(=O)CCc2ccc(Br)cc2)CC(C)N1. The molecule has 0 aliphatic carbocycles. The number of nitrogens with one attached hydrogen (secondary N) is 1. The maximum absolute atomic E-state index is 12.2. The van der Waals surface area contributed by atoms with Crippen LogP contribution in [0.2, 0.25) is 0 Å². The van der Waals surface area contributed by atoms with Gasteiger partial charge in [0.25, 0.3) is 0 Å². The predicted molar refractivity (Wildman–Crippen MR) is 81.1 cm³/mol. The molecule has 1 aromatic carbocycles. The van der Waals surface area contributed by atoms with Gasteiger partial charge in [-0.3, -0.25) is 4.79 Å². The van der Waals surface area contributed by atoms with Crippen LogP contribution in [0.5, 0.6) is 0 Å². The Kier molecular flexibility index (Phi) is 4.99. The van der Waals surface area contributed by atoms with E-state index in [1.165, 1.54) is 5.56 Å². The maximum Gasteiger partial charge on any atom is 0.223 e. The fourth-order valence-corrected chi connectivity index (χ4v) is 2.86. The predicted octanol–water partition coefficient (Wildman–Crippen LogP) is 2.59.